The Labute approximate surface area is 70.5 Å². The molecular weight excluding hydrogens is 158 g/mol. The van der Waals surface area contributed by atoms with E-state index in [9.17, 15) is 8.78 Å². The minimum atomic E-state index is -0.797. The van der Waals surface area contributed by atoms with Crippen molar-refractivity contribution >= 4 is 5.57 Å². The van der Waals surface area contributed by atoms with Gasteiger partial charge in [-0.2, -0.15) is 0 Å². The van der Waals surface area contributed by atoms with Gasteiger partial charge >= 0.3 is 0 Å². The van der Waals surface area contributed by atoms with Gasteiger partial charge in [0.2, 0.25) is 0 Å². The average Bonchev–Trinajstić information content (AvgIpc) is 2.08. The summed E-state index contributed by atoms with van der Waals surface area (Å²) in [6.45, 7) is 3.54. The molecule has 0 heterocycles. The van der Waals surface area contributed by atoms with Crippen LogP contribution in [0.5, 0.6) is 0 Å². The maximum Gasteiger partial charge on any atom is 0.166 e. The molecule has 1 aromatic carbocycles. The topological polar surface area (TPSA) is 0 Å². The second kappa shape index (κ2) is 3.48. The van der Waals surface area contributed by atoms with E-state index < -0.39 is 11.6 Å². The molecule has 1 aromatic rings. The van der Waals surface area contributed by atoms with Gasteiger partial charge in [-0.25, -0.2) is 8.78 Å². The van der Waals surface area contributed by atoms with E-state index in [1.54, 1.807) is 26.0 Å². The number of hydrogen-bond acceptors (Lipinski definition) is 0. The highest BCUT2D eigenvalue weighted by Gasteiger charge is 2.07. The molecule has 0 saturated heterocycles. The lowest BCUT2D eigenvalue weighted by molar-refractivity contribution is 0.506. The third-order valence-corrected chi connectivity index (χ3v) is 1.81. The van der Waals surface area contributed by atoms with Gasteiger partial charge in [0, 0.05) is 5.56 Å². The van der Waals surface area contributed by atoms with Crippen molar-refractivity contribution in [1.82, 2.24) is 0 Å². The highest BCUT2D eigenvalue weighted by molar-refractivity contribution is 5.63. The van der Waals surface area contributed by atoms with Crippen molar-refractivity contribution < 1.29 is 8.78 Å². The van der Waals surface area contributed by atoms with Crippen LogP contribution >= 0.6 is 0 Å². The molecule has 0 aliphatic carbocycles. The first-order valence-electron chi connectivity index (χ1n) is 3.74. The lowest BCUT2D eigenvalue weighted by atomic mass is 10.1. The molecule has 0 fully saturated rings. The first kappa shape index (κ1) is 8.91. The van der Waals surface area contributed by atoms with Crippen LogP contribution in [0.1, 0.15) is 19.4 Å². The normalized spacial score (nSPS) is 11.8. The molecule has 0 saturated carbocycles. The van der Waals surface area contributed by atoms with E-state index in [-0.39, 0.29) is 0 Å². The molecule has 0 aliphatic heterocycles. The van der Waals surface area contributed by atoms with E-state index in [0.717, 1.165) is 11.6 Å². The molecule has 12 heavy (non-hydrogen) atoms. The van der Waals surface area contributed by atoms with E-state index >= 15 is 0 Å². The van der Waals surface area contributed by atoms with Crippen molar-refractivity contribution in [3.8, 4) is 0 Å². The van der Waals surface area contributed by atoms with E-state index in [1.165, 1.54) is 6.07 Å². The van der Waals surface area contributed by atoms with E-state index in [4.69, 9.17) is 0 Å². The van der Waals surface area contributed by atoms with Crippen molar-refractivity contribution in [3.63, 3.8) is 0 Å². The molecule has 2 heteroatoms. The van der Waals surface area contributed by atoms with Crippen molar-refractivity contribution in [2.45, 2.75) is 13.8 Å². The van der Waals surface area contributed by atoms with Gasteiger partial charge in [-0.3, -0.25) is 0 Å². The van der Waals surface area contributed by atoms with Crippen LogP contribution in [0.25, 0.3) is 5.57 Å². The fraction of sp³-hybridized carbons (Fsp3) is 0.200. The van der Waals surface area contributed by atoms with Crippen LogP contribution in [0.2, 0.25) is 0 Å². The quantitative estimate of drug-likeness (QED) is 0.603. The van der Waals surface area contributed by atoms with Crippen molar-refractivity contribution in [3.05, 3.63) is 41.5 Å². The Morgan fingerprint density at radius 3 is 2.58 bits per heavy atom. The molecule has 0 atom stereocenters. The summed E-state index contributed by atoms with van der Waals surface area (Å²) in [5.74, 6) is -1.57. The van der Waals surface area contributed by atoms with E-state index in [1.807, 2.05) is 0 Å². The van der Waals surface area contributed by atoms with Crippen LogP contribution < -0.4 is 0 Å². The lowest BCUT2D eigenvalue weighted by Crippen LogP contribution is -1.90. The van der Waals surface area contributed by atoms with Gasteiger partial charge in [0.15, 0.2) is 11.6 Å². The predicted molar refractivity (Wildman–Crippen MR) is 45.7 cm³/mol. The fourth-order valence-electron chi connectivity index (χ4n) is 0.964. The summed E-state index contributed by atoms with van der Waals surface area (Å²) in [5.41, 5.74) is 1.07. The molecule has 1 rings (SSSR count). The number of halogens is 2. The smallest absolute Gasteiger partial charge is 0.166 e. The second-order valence-electron chi connectivity index (χ2n) is 2.57. The van der Waals surface area contributed by atoms with Crippen molar-refractivity contribution in [2.24, 2.45) is 0 Å². The highest BCUT2D eigenvalue weighted by Crippen LogP contribution is 2.19. The monoisotopic (exact) mass is 168 g/mol. The van der Waals surface area contributed by atoms with Gasteiger partial charge < -0.3 is 0 Å². The molecule has 0 amide bonds. The Morgan fingerprint density at radius 2 is 2.00 bits per heavy atom. The zero-order chi connectivity index (χ0) is 9.14. The summed E-state index contributed by atoms with van der Waals surface area (Å²) in [7, 11) is 0. The van der Waals surface area contributed by atoms with Gasteiger partial charge in [0.05, 0.1) is 0 Å². The minimum Gasteiger partial charge on any atom is -0.204 e. The molecule has 0 aromatic heterocycles. The fourth-order valence-corrected chi connectivity index (χ4v) is 0.964. The number of rotatable bonds is 1. The Bertz CT molecular complexity index is 314. The summed E-state index contributed by atoms with van der Waals surface area (Å²) in [5, 5.41) is 0. The van der Waals surface area contributed by atoms with Gasteiger partial charge in [-0.1, -0.05) is 18.2 Å². The second-order valence-corrected chi connectivity index (χ2v) is 2.57. The summed E-state index contributed by atoms with van der Waals surface area (Å²) >= 11 is 0. The zero-order valence-electron chi connectivity index (χ0n) is 7.07. The highest BCUT2D eigenvalue weighted by atomic mass is 19.2. The lowest BCUT2D eigenvalue weighted by Gasteiger charge is -2.02. The summed E-state index contributed by atoms with van der Waals surface area (Å²) < 4.78 is 25.7. The van der Waals surface area contributed by atoms with Crippen LogP contribution in [-0.2, 0) is 0 Å². The third-order valence-electron chi connectivity index (χ3n) is 1.81. The van der Waals surface area contributed by atoms with Crippen LogP contribution in [0, 0.1) is 11.6 Å². The number of benzene rings is 1. The Morgan fingerprint density at radius 1 is 1.33 bits per heavy atom. The average molecular weight is 168 g/mol. The van der Waals surface area contributed by atoms with Crippen LogP contribution in [0.15, 0.2) is 24.3 Å². The standard InChI is InChI=1S/C10H10F2/c1-3-7(2)8-5-4-6-9(11)10(8)12/h3-6H,1-2H3. The summed E-state index contributed by atoms with van der Waals surface area (Å²) in [4.78, 5) is 0. The van der Waals surface area contributed by atoms with E-state index in [2.05, 4.69) is 0 Å². The van der Waals surface area contributed by atoms with Gasteiger partial charge in [0.1, 0.15) is 0 Å². The molecule has 0 unspecified atom stereocenters. The first-order valence-corrected chi connectivity index (χ1v) is 3.74. The SMILES string of the molecule is CC=C(C)c1cccc(F)c1F. The van der Waals surface area contributed by atoms with Crippen LogP contribution in [-0.4, -0.2) is 0 Å². The molecule has 0 aliphatic rings. The number of allylic oxidation sites excluding steroid dienone is 2. The predicted octanol–water partition coefficient (Wildman–Crippen LogP) is 3.39. The van der Waals surface area contributed by atoms with Gasteiger partial charge in [-0.05, 0) is 25.5 Å². The molecule has 64 valence electrons. The zero-order valence-corrected chi connectivity index (χ0v) is 7.07. The molecule has 0 bridgehead atoms. The molecular formula is C10H10F2. The summed E-state index contributed by atoms with van der Waals surface area (Å²) in [6, 6.07) is 4.18. The van der Waals surface area contributed by atoms with Crippen molar-refractivity contribution in [2.75, 3.05) is 0 Å². The molecule has 0 radical (unpaired) electrons. The maximum atomic E-state index is 13.0. The van der Waals surface area contributed by atoms with Gasteiger partial charge in [-0.15, -0.1) is 0 Å². The number of hydrogen-bond donors (Lipinski definition) is 0. The Balaban J connectivity index is 3.26. The Hall–Kier alpha value is -1.18. The third kappa shape index (κ3) is 1.52. The maximum absolute atomic E-state index is 13.0. The van der Waals surface area contributed by atoms with E-state index in [0.29, 0.717) is 5.56 Å². The summed E-state index contributed by atoms with van der Waals surface area (Å²) in [6.07, 6.45) is 1.75. The van der Waals surface area contributed by atoms with Crippen LogP contribution in [0.4, 0.5) is 8.78 Å². The first-order chi connectivity index (χ1) is 5.66. The van der Waals surface area contributed by atoms with Crippen molar-refractivity contribution in [1.29, 1.82) is 0 Å². The minimum absolute atomic E-state index is 0.331. The molecule has 0 nitrogen and oxygen atoms in total. The van der Waals surface area contributed by atoms with Crippen LogP contribution in [0.3, 0.4) is 0 Å². The Kier molecular flexibility index (Phi) is 2.58. The largest absolute Gasteiger partial charge is 0.204 e. The molecule has 0 spiro atoms. The van der Waals surface area contributed by atoms with Gasteiger partial charge in [0.25, 0.3) is 0 Å². The molecule has 0 N–H and O–H groups in total.